The molecule has 1 rings (SSSR count). The first kappa shape index (κ1) is 8.77. The standard InChI is InChI=1S/C8H13N3O/c1-4-11-7(12)5(2)6(3)10-8(11)9/h4H2,1-3H3,(H2,9,10). The maximum Gasteiger partial charge on any atom is 0.258 e. The number of rotatable bonds is 1. The van der Waals surface area contributed by atoms with Gasteiger partial charge < -0.3 is 5.73 Å². The van der Waals surface area contributed by atoms with Gasteiger partial charge in [0.1, 0.15) is 0 Å². The van der Waals surface area contributed by atoms with Crippen molar-refractivity contribution in [2.24, 2.45) is 0 Å². The minimum atomic E-state index is -0.0394. The van der Waals surface area contributed by atoms with Gasteiger partial charge in [-0.1, -0.05) is 0 Å². The second kappa shape index (κ2) is 2.97. The highest BCUT2D eigenvalue weighted by Crippen LogP contribution is 2.00. The highest BCUT2D eigenvalue weighted by molar-refractivity contribution is 5.25. The first-order valence-corrected chi connectivity index (χ1v) is 3.91. The maximum atomic E-state index is 11.5. The van der Waals surface area contributed by atoms with Crippen LogP contribution in [-0.4, -0.2) is 9.55 Å². The highest BCUT2D eigenvalue weighted by atomic mass is 16.1. The quantitative estimate of drug-likeness (QED) is 0.661. The molecule has 1 aromatic heterocycles. The van der Waals surface area contributed by atoms with Crippen LogP contribution in [0.3, 0.4) is 0 Å². The lowest BCUT2D eigenvalue weighted by Crippen LogP contribution is -2.26. The van der Waals surface area contributed by atoms with Gasteiger partial charge in [-0.3, -0.25) is 9.36 Å². The van der Waals surface area contributed by atoms with Gasteiger partial charge in [0, 0.05) is 17.8 Å². The van der Waals surface area contributed by atoms with Crippen LogP contribution in [0.2, 0.25) is 0 Å². The molecular weight excluding hydrogens is 154 g/mol. The molecule has 0 aliphatic rings. The molecule has 0 aliphatic heterocycles. The maximum absolute atomic E-state index is 11.5. The van der Waals surface area contributed by atoms with Crippen LogP contribution in [0.15, 0.2) is 4.79 Å². The van der Waals surface area contributed by atoms with Gasteiger partial charge in [-0.05, 0) is 20.8 Å². The molecule has 0 amide bonds. The summed E-state index contributed by atoms with van der Waals surface area (Å²) in [6.07, 6.45) is 0. The normalized spacial score (nSPS) is 10.2. The average Bonchev–Trinajstić information content (AvgIpc) is 2.01. The summed E-state index contributed by atoms with van der Waals surface area (Å²) >= 11 is 0. The first-order valence-electron chi connectivity index (χ1n) is 3.91. The minimum Gasteiger partial charge on any atom is -0.369 e. The molecule has 0 aliphatic carbocycles. The van der Waals surface area contributed by atoms with E-state index in [1.807, 2.05) is 6.92 Å². The molecule has 0 aromatic carbocycles. The number of aryl methyl sites for hydroxylation is 1. The van der Waals surface area contributed by atoms with Crippen molar-refractivity contribution in [1.82, 2.24) is 9.55 Å². The Hall–Kier alpha value is -1.32. The second-order valence-corrected chi connectivity index (χ2v) is 2.73. The molecule has 0 radical (unpaired) electrons. The minimum absolute atomic E-state index is 0.0394. The Morgan fingerprint density at radius 2 is 2.08 bits per heavy atom. The molecule has 0 saturated heterocycles. The Morgan fingerprint density at radius 3 is 2.58 bits per heavy atom. The topological polar surface area (TPSA) is 60.9 Å². The van der Waals surface area contributed by atoms with Crippen LogP contribution in [0.4, 0.5) is 5.95 Å². The zero-order chi connectivity index (χ0) is 9.30. The van der Waals surface area contributed by atoms with E-state index in [9.17, 15) is 4.79 Å². The summed E-state index contributed by atoms with van der Waals surface area (Å²) in [4.78, 5) is 15.5. The molecule has 0 unspecified atom stereocenters. The zero-order valence-electron chi connectivity index (χ0n) is 7.59. The molecule has 0 bridgehead atoms. The summed E-state index contributed by atoms with van der Waals surface area (Å²) in [6.45, 7) is 5.98. The van der Waals surface area contributed by atoms with E-state index in [1.54, 1.807) is 13.8 Å². The van der Waals surface area contributed by atoms with E-state index < -0.39 is 0 Å². The van der Waals surface area contributed by atoms with Gasteiger partial charge in [0.05, 0.1) is 0 Å². The molecule has 0 spiro atoms. The predicted molar refractivity (Wildman–Crippen MR) is 48.1 cm³/mol. The number of nitrogens with two attached hydrogens (primary N) is 1. The molecule has 1 heterocycles. The molecule has 4 nitrogen and oxygen atoms in total. The molecule has 66 valence electrons. The van der Waals surface area contributed by atoms with E-state index in [0.717, 1.165) is 0 Å². The molecule has 0 atom stereocenters. The summed E-state index contributed by atoms with van der Waals surface area (Å²) in [5, 5.41) is 0. The van der Waals surface area contributed by atoms with E-state index in [0.29, 0.717) is 23.8 Å². The van der Waals surface area contributed by atoms with Crippen molar-refractivity contribution in [1.29, 1.82) is 0 Å². The van der Waals surface area contributed by atoms with Gasteiger partial charge in [0.25, 0.3) is 5.56 Å². The number of nitrogen functional groups attached to an aromatic ring is 1. The van der Waals surface area contributed by atoms with E-state index in [1.165, 1.54) is 4.57 Å². The summed E-state index contributed by atoms with van der Waals surface area (Å²) in [5.41, 5.74) is 6.90. The highest BCUT2D eigenvalue weighted by Gasteiger charge is 2.05. The van der Waals surface area contributed by atoms with Gasteiger partial charge in [-0.2, -0.15) is 0 Å². The van der Waals surface area contributed by atoms with Gasteiger partial charge in [-0.15, -0.1) is 0 Å². The lowest BCUT2D eigenvalue weighted by atomic mass is 10.3. The van der Waals surface area contributed by atoms with Crippen LogP contribution in [0.1, 0.15) is 18.2 Å². The molecule has 2 N–H and O–H groups in total. The monoisotopic (exact) mass is 167 g/mol. The largest absolute Gasteiger partial charge is 0.369 e. The van der Waals surface area contributed by atoms with E-state index >= 15 is 0 Å². The van der Waals surface area contributed by atoms with Crippen LogP contribution in [0, 0.1) is 13.8 Å². The number of hydrogen-bond donors (Lipinski definition) is 1. The Kier molecular flexibility index (Phi) is 2.17. The molecule has 0 fully saturated rings. The fraction of sp³-hybridized carbons (Fsp3) is 0.500. The third-order valence-corrected chi connectivity index (χ3v) is 1.98. The van der Waals surface area contributed by atoms with Gasteiger partial charge in [0.2, 0.25) is 5.95 Å². The van der Waals surface area contributed by atoms with Gasteiger partial charge in [0.15, 0.2) is 0 Å². The summed E-state index contributed by atoms with van der Waals surface area (Å²) < 4.78 is 1.46. The average molecular weight is 167 g/mol. The molecule has 4 heteroatoms. The molecular formula is C8H13N3O. The Bertz CT molecular complexity index is 354. The van der Waals surface area contributed by atoms with Gasteiger partial charge in [-0.25, -0.2) is 4.98 Å². The molecule has 12 heavy (non-hydrogen) atoms. The van der Waals surface area contributed by atoms with Crippen LogP contribution in [-0.2, 0) is 6.54 Å². The van der Waals surface area contributed by atoms with Crippen molar-refractivity contribution in [3.05, 3.63) is 21.6 Å². The number of hydrogen-bond acceptors (Lipinski definition) is 3. The van der Waals surface area contributed by atoms with Crippen LogP contribution >= 0.6 is 0 Å². The summed E-state index contributed by atoms with van der Waals surface area (Å²) in [7, 11) is 0. The van der Waals surface area contributed by atoms with E-state index in [-0.39, 0.29) is 5.56 Å². The summed E-state index contributed by atoms with van der Waals surface area (Å²) in [6, 6.07) is 0. The van der Waals surface area contributed by atoms with E-state index in [2.05, 4.69) is 4.98 Å². The van der Waals surface area contributed by atoms with Crippen molar-refractivity contribution >= 4 is 5.95 Å². The van der Waals surface area contributed by atoms with Crippen molar-refractivity contribution < 1.29 is 0 Å². The van der Waals surface area contributed by atoms with Crippen molar-refractivity contribution in [2.45, 2.75) is 27.3 Å². The van der Waals surface area contributed by atoms with E-state index in [4.69, 9.17) is 5.73 Å². The first-order chi connectivity index (χ1) is 5.57. The number of aromatic nitrogens is 2. The fourth-order valence-corrected chi connectivity index (χ4v) is 1.08. The second-order valence-electron chi connectivity index (χ2n) is 2.73. The third kappa shape index (κ3) is 1.20. The zero-order valence-corrected chi connectivity index (χ0v) is 7.59. The Labute approximate surface area is 71.0 Å². The fourth-order valence-electron chi connectivity index (χ4n) is 1.08. The third-order valence-electron chi connectivity index (χ3n) is 1.98. The number of nitrogens with zero attached hydrogens (tertiary/aromatic N) is 2. The lowest BCUT2D eigenvalue weighted by molar-refractivity contribution is 0.709. The number of anilines is 1. The smallest absolute Gasteiger partial charge is 0.258 e. The Morgan fingerprint density at radius 1 is 1.50 bits per heavy atom. The van der Waals surface area contributed by atoms with Gasteiger partial charge >= 0.3 is 0 Å². The Balaban J connectivity index is 3.52. The lowest BCUT2D eigenvalue weighted by Gasteiger charge is -2.07. The summed E-state index contributed by atoms with van der Waals surface area (Å²) in [5.74, 6) is 0.297. The SMILES string of the molecule is CCn1c(N)nc(C)c(C)c1=O. The molecule has 1 aromatic rings. The van der Waals surface area contributed by atoms with Crippen LogP contribution in [0.25, 0.3) is 0 Å². The van der Waals surface area contributed by atoms with Crippen molar-refractivity contribution in [3.63, 3.8) is 0 Å². The predicted octanol–water partition coefficient (Wildman–Crippen LogP) is 0.462. The van der Waals surface area contributed by atoms with Crippen molar-refractivity contribution in [3.8, 4) is 0 Å². The molecule has 0 saturated carbocycles. The van der Waals surface area contributed by atoms with Crippen LogP contribution in [0.5, 0.6) is 0 Å². The van der Waals surface area contributed by atoms with Crippen molar-refractivity contribution in [2.75, 3.05) is 5.73 Å². The van der Waals surface area contributed by atoms with Crippen LogP contribution < -0.4 is 11.3 Å².